The number of amides is 3. The number of likely N-dealkylation sites (tertiary alicyclic amines) is 1. The minimum atomic E-state index is -0.299. The predicted molar refractivity (Wildman–Crippen MR) is 136 cm³/mol. The molecular formula is C27H36N4O3. The van der Waals surface area contributed by atoms with Gasteiger partial charge in [-0.05, 0) is 48.4 Å². The van der Waals surface area contributed by atoms with E-state index >= 15 is 0 Å². The number of nitrogens with one attached hydrogen (secondary N) is 3. The van der Waals surface area contributed by atoms with Gasteiger partial charge in [-0.15, -0.1) is 0 Å². The van der Waals surface area contributed by atoms with E-state index in [1.54, 1.807) is 30.3 Å². The van der Waals surface area contributed by atoms with Crippen molar-refractivity contribution in [3.05, 3.63) is 59.7 Å². The smallest absolute Gasteiger partial charge is 0.255 e. The fourth-order valence-corrected chi connectivity index (χ4v) is 4.37. The summed E-state index contributed by atoms with van der Waals surface area (Å²) in [6.07, 6.45) is 1.13. The Hall–Kier alpha value is -3.35. The van der Waals surface area contributed by atoms with Crippen LogP contribution in [-0.2, 0) is 4.79 Å². The van der Waals surface area contributed by atoms with Crippen LogP contribution in [0.5, 0.6) is 0 Å². The van der Waals surface area contributed by atoms with Crippen molar-refractivity contribution in [2.75, 3.05) is 36.8 Å². The minimum absolute atomic E-state index is 0.0194. The van der Waals surface area contributed by atoms with Crippen LogP contribution in [0.3, 0.4) is 0 Å². The Bertz CT molecular complexity index is 1010. The summed E-state index contributed by atoms with van der Waals surface area (Å²) >= 11 is 0. The zero-order chi connectivity index (χ0) is 24.7. The third kappa shape index (κ3) is 6.83. The van der Waals surface area contributed by atoms with E-state index in [1.165, 1.54) is 0 Å². The first-order chi connectivity index (χ1) is 16.2. The largest absolute Gasteiger partial charge is 0.376 e. The summed E-state index contributed by atoms with van der Waals surface area (Å²) in [6, 6.07) is 14.2. The van der Waals surface area contributed by atoms with Crippen molar-refractivity contribution >= 4 is 29.1 Å². The third-order valence-corrected chi connectivity index (χ3v) is 5.87. The van der Waals surface area contributed by atoms with Crippen LogP contribution in [0.2, 0.25) is 0 Å². The molecule has 0 aromatic heterocycles. The average molecular weight is 465 g/mol. The second-order valence-corrected chi connectivity index (χ2v) is 9.75. The van der Waals surface area contributed by atoms with Crippen LogP contribution in [0.25, 0.3) is 0 Å². The lowest BCUT2D eigenvalue weighted by Gasteiger charge is -2.35. The van der Waals surface area contributed by atoms with Gasteiger partial charge in [-0.25, -0.2) is 0 Å². The number of carbonyl (C=O) groups is 3. The van der Waals surface area contributed by atoms with Crippen LogP contribution in [0.15, 0.2) is 48.5 Å². The number of hydrogen-bond acceptors (Lipinski definition) is 4. The van der Waals surface area contributed by atoms with Gasteiger partial charge in [-0.1, -0.05) is 52.0 Å². The van der Waals surface area contributed by atoms with E-state index in [9.17, 15) is 14.4 Å². The van der Waals surface area contributed by atoms with E-state index in [0.29, 0.717) is 46.8 Å². The average Bonchev–Trinajstić information content (AvgIpc) is 2.80. The number of rotatable bonds is 8. The lowest BCUT2D eigenvalue weighted by atomic mass is 9.91. The Morgan fingerprint density at radius 1 is 0.912 bits per heavy atom. The molecule has 7 heteroatoms. The Balaban J connectivity index is 1.64. The highest BCUT2D eigenvalue weighted by atomic mass is 16.2. The fraction of sp³-hybridized carbons (Fsp3) is 0.444. The number of piperidine rings is 1. The number of nitrogens with zero attached hydrogens (tertiary/aromatic N) is 1. The first-order valence-corrected chi connectivity index (χ1v) is 12.0. The van der Waals surface area contributed by atoms with Crippen LogP contribution >= 0.6 is 0 Å². The maximum Gasteiger partial charge on any atom is 0.255 e. The SMILES string of the molecule is CC(C)CNC(=O)c1ccccc1NC(=O)CNc1ccccc1C(=O)N1CC(C)CC(C)C1. The van der Waals surface area contributed by atoms with Crippen LogP contribution in [0.4, 0.5) is 11.4 Å². The summed E-state index contributed by atoms with van der Waals surface area (Å²) in [5, 5.41) is 8.80. The van der Waals surface area contributed by atoms with Crippen molar-refractivity contribution in [2.24, 2.45) is 17.8 Å². The number of anilines is 2. The maximum absolute atomic E-state index is 13.2. The molecule has 0 radical (unpaired) electrons. The molecular weight excluding hydrogens is 428 g/mol. The van der Waals surface area contributed by atoms with E-state index in [2.05, 4.69) is 29.8 Å². The molecule has 7 nitrogen and oxygen atoms in total. The lowest BCUT2D eigenvalue weighted by molar-refractivity contribution is -0.114. The summed E-state index contributed by atoms with van der Waals surface area (Å²) in [4.78, 5) is 40.3. The summed E-state index contributed by atoms with van der Waals surface area (Å²) < 4.78 is 0. The molecule has 0 spiro atoms. The van der Waals surface area contributed by atoms with Gasteiger partial charge >= 0.3 is 0 Å². The highest BCUT2D eigenvalue weighted by Gasteiger charge is 2.27. The summed E-state index contributed by atoms with van der Waals surface area (Å²) in [6.45, 7) is 10.4. The van der Waals surface area contributed by atoms with Crippen LogP contribution < -0.4 is 16.0 Å². The quantitative estimate of drug-likeness (QED) is 0.545. The number of carbonyl (C=O) groups excluding carboxylic acids is 3. The van der Waals surface area contributed by atoms with Crippen LogP contribution in [-0.4, -0.2) is 48.8 Å². The fourth-order valence-electron chi connectivity index (χ4n) is 4.37. The van der Waals surface area contributed by atoms with Gasteiger partial charge in [0.2, 0.25) is 5.91 Å². The molecule has 2 aromatic rings. The van der Waals surface area contributed by atoms with Crippen molar-refractivity contribution in [1.82, 2.24) is 10.2 Å². The molecule has 0 bridgehead atoms. The third-order valence-electron chi connectivity index (χ3n) is 5.87. The van der Waals surface area contributed by atoms with Crippen molar-refractivity contribution in [2.45, 2.75) is 34.1 Å². The standard InChI is InChI=1S/C27H36N4O3/c1-18(2)14-29-26(33)21-9-5-8-12-24(21)30-25(32)15-28-23-11-7-6-10-22(23)27(34)31-16-19(3)13-20(4)17-31/h5-12,18-20,28H,13-17H2,1-4H3,(H,29,33)(H,30,32). The Morgan fingerprint density at radius 2 is 1.50 bits per heavy atom. The zero-order valence-corrected chi connectivity index (χ0v) is 20.6. The molecule has 0 saturated carbocycles. The minimum Gasteiger partial charge on any atom is -0.376 e. The number of benzene rings is 2. The monoisotopic (exact) mass is 464 g/mol. The first-order valence-electron chi connectivity index (χ1n) is 12.0. The van der Waals surface area contributed by atoms with E-state index < -0.39 is 0 Å². The van der Waals surface area contributed by atoms with Crippen molar-refractivity contribution < 1.29 is 14.4 Å². The number of hydrogen-bond donors (Lipinski definition) is 3. The van der Waals surface area contributed by atoms with E-state index in [0.717, 1.165) is 19.5 Å². The molecule has 2 unspecified atom stereocenters. The van der Waals surface area contributed by atoms with Crippen LogP contribution in [0, 0.1) is 17.8 Å². The summed E-state index contributed by atoms with van der Waals surface area (Å²) in [5.74, 6) is 0.723. The Kier molecular flexibility index (Phi) is 8.68. The molecule has 3 N–H and O–H groups in total. The maximum atomic E-state index is 13.2. The van der Waals surface area contributed by atoms with Gasteiger partial charge in [-0.3, -0.25) is 14.4 Å². The van der Waals surface area contributed by atoms with Gasteiger partial charge in [0.25, 0.3) is 11.8 Å². The summed E-state index contributed by atoms with van der Waals surface area (Å²) in [5.41, 5.74) is 2.05. The molecule has 3 amide bonds. The van der Waals surface area contributed by atoms with Crippen molar-refractivity contribution in [3.8, 4) is 0 Å². The van der Waals surface area contributed by atoms with Gasteiger partial charge in [0.05, 0.1) is 23.4 Å². The molecule has 34 heavy (non-hydrogen) atoms. The molecule has 1 heterocycles. The molecule has 1 fully saturated rings. The normalized spacial score (nSPS) is 17.9. The Labute approximate surface area is 202 Å². The summed E-state index contributed by atoms with van der Waals surface area (Å²) in [7, 11) is 0. The van der Waals surface area contributed by atoms with E-state index in [-0.39, 0.29) is 24.3 Å². The van der Waals surface area contributed by atoms with Crippen molar-refractivity contribution in [1.29, 1.82) is 0 Å². The highest BCUT2D eigenvalue weighted by molar-refractivity contribution is 6.05. The molecule has 1 aliphatic rings. The molecule has 1 aliphatic heterocycles. The van der Waals surface area contributed by atoms with Gasteiger partial charge in [0, 0.05) is 25.3 Å². The predicted octanol–water partition coefficient (Wildman–Crippen LogP) is 4.24. The second kappa shape index (κ2) is 11.7. The van der Waals surface area contributed by atoms with Gasteiger partial charge in [0.1, 0.15) is 0 Å². The van der Waals surface area contributed by atoms with Crippen molar-refractivity contribution in [3.63, 3.8) is 0 Å². The van der Waals surface area contributed by atoms with E-state index in [1.807, 2.05) is 36.9 Å². The number of para-hydroxylation sites is 2. The molecule has 1 saturated heterocycles. The molecule has 182 valence electrons. The topological polar surface area (TPSA) is 90.5 Å². The molecule has 2 atom stereocenters. The van der Waals surface area contributed by atoms with E-state index in [4.69, 9.17) is 0 Å². The van der Waals surface area contributed by atoms with Gasteiger partial charge in [0.15, 0.2) is 0 Å². The Morgan fingerprint density at radius 3 is 2.15 bits per heavy atom. The first kappa shape index (κ1) is 25.3. The zero-order valence-electron chi connectivity index (χ0n) is 20.6. The van der Waals surface area contributed by atoms with Gasteiger partial charge < -0.3 is 20.9 Å². The molecule has 0 aliphatic carbocycles. The highest BCUT2D eigenvalue weighted by Crippen LogP contribution is 2.25. The second-order valence-electron chi connectivity index (χ2n) is 9.75. The molecule has 3 rings (SSSR count). The molecule has 2 aromatic carbocycles. The van der Waals surface area contributed by atoms with Gasteiger partial charge in [-0.2, -0.15) is 0 Å². The van der Waals surface area contributed by atoms with Crippen LogP contribution in [0.1, 0.15) is 54.8 Å². The lowest BCUT2D eigenvalue weighted by Crippen LogP contribution is -2.42.